The van der Waals surface area contributed by atoms with Crippen molar-refractivity contribution in [2.45, 2.75) is 19.8 Å². The van der Waals surface area contributed by atoms with Crippen LogP contribution < -0.4 is 4.90 Å². The van der Waals surface area contributed by atoms with Crippen LogP contribution in [0.1, 0.15) is 23.4 Å². The summed E-state index contributed by atoms with van der Waals surface area (Å²) in [6.07, 6.45) is 2.28. The van der Waals surface area contributed by atoms with Gasteiger partial charge in [-0.2, -0.15) is 5.26 Å². The Morgan fingerprint density at radius 1 is 1.30 bits per heavy atom. The monoisotopic (exact) mass is 341 g/mol. The van der Waals surface area contributed by atoms with Gasteiger partial charge in [-0.1, -0.05) is 6.58 Å². The number of fused-ring (bicyclic) bond motifs is 2. The second-order valence-corrected chi connectivity index (χ2v) is 7.21. The molecule has 1 aromatic carbocycles. The number of hydrogen-bond acceptors (Lipinski definition) is 5. The van der Waals surface area contributed by atoms with E-state index in [4.69, 9.17) is 12.2 Å². The van der Waals surface area contributed by atoms with Gasteiger partial charge in [0.2, 0.25) is 5.11 Å². The Balaban J connectivity index is 1.88. The molecule has 23 heavy (non-hydrogen) atoms. The van der Waals surface area contributed by atoms with Crippen molar-refractivity contribution in [2.75, 3.05) is 18.0 Å². The normalized spacial score (nSPS) is 17.8. The second-order valence-electron chi connectivity index (χ2n) is 5.64. The number of rotatable bonds is 1. The lowest BCUT2D eigenvalue weighted by Gasteiger charge is -2.33. The molecule has 2 aliphatic heterocycles. The van der Waals surface area contributed by atoms with Crippen LogP contribution in [0.3, 0.4) is 0 Å². The summed E-state index contributed by atoms with van der Waals surface area (Å²) >= 11 is 7.23. The van der Waals surface area contributed by atoms with Gasteiger partial charge < -0.3 is 0 Å². The molecule has 0 atom stereocenters. The highest BCUT2D eigenvalue weighted by Gasteiger charge is 2.38. The van der Waals surface area contributed by atoms with Gasteiger partial charge in [-0.3, -0.25) is 14.9 Å². The average Bonchev–Trinajstić information content (AvgIpc) is 3.06. The molecule has 0 radical (unpaired) electrons. The maximum Gasteiger partial charge on any atom is 0.201 e. The Morgan fingerprint density at radius 2 is 2.04 bits per heavy atom. The number of thiazole rings is 1. The van der Waals surface area contributed by atoms with E-state index in [1.165, 1.54) is 0 Å². The summed E-state index contributed by atoms with van der Waals surface area (Å²) in [6, 6.07) is 6.02. The summed E-state index contributed by atoms with van der Waals surface area (Å²) < 4.78 is 0.915. The zero-order chi connectivity index (χ0) is 16.1. The van der Waals surface area contributed by atoms with Crippen molar-refractivity contribution in [2.24, 2.45) is 0 Å². The molecular formula is C16H15N5S2. The number of aryl methyl sites for hydroxylation is 1. The van der Waals surface area contributed by atoms with Gasteiger partial charge in [0.1, 0.15) is 17.4 Å². The van der Waals surface area contributed by atoms with E-state index in [0.717, 1.165) is 57.8 Å². The maximum atomic E-state index is 9.33. The Hall–Kier alpha value is -2.17. The van der Waals surface area contributed by atoms with Gasteiger partial charge in [0.15, 0.2) is 0 Å². The zero-order valence-electron chi connectivity index (χ0n) is 12.7. The first-order valence-electron chi connectivity index (χ1n) is 7.50. The molecule has 0 N–H and O–H groups in total. The summed E-state index contributed by atoms with van der Waals surface area (Å²) in [4.78, 5) is 6.63. The third-order valence-electron chi connectivity index (χ3n) is 4.24. The first kappa shape index (κ1) is 14.4. The van der Waals surface area contributed by atoms with E-state index in [1.807, 2.05) is 24.0 Å². The van der Waals surface area contributed by atoms with Gasteiger partial charge in [0.05, 0.1) is 21.0 Å². The highest BCUT2D eigenvalue weighted by atomic mass is 32.1. The number of aromatic nitrogens is 1. The Bertz CT molecular complexity index is 854. The Labute approximate surface area is 144 Å². The van der Waals surface area contributed by atoms with Crippen molar-refractivity contribution < 1.29 is 0 Å². The average molecular weight is 341 g/mol. The number of hydrazine groups is 1. The van der Waals surface area contributed by atoms with Gasteiger partial charge in [-0.25, -0.2) is 4.98 Å². The summed E-state index contributed by atoms with van der Waals surface area (Å²) in [5.41, 5.74) is 2.40. The highest BCUT2D eigenvalue weighted by molar-refractivity contribution is 7.80. The van der Waals surface area contributed by atoms with E-state index in [0.29, 0.717) is 5.56 Å². The summed E-state index contributed by atoms with van der Waals surface area (Å²) in [7, 11) is 0. The molecule has 7 heteroatoms. The van der Waals surface area contributed by atoms with Crippen LogP contribution in [0.4, 0.5) is 5.69 Å². The van der Waals surface area contributed by atoms with Gasteiger partial charge in [-0.15, -0.1) is 11.3 Å². The smallest absolute Gasteiger partial charge is 0.201 e. The lowest BCUT2D eigenvalue weighted by Crippen LogP contribution is -2.42. The van der Waals surface area contributed by atoms with Crippen LogP contribution in [0, 0.1) is 18.3 Å². The number of thiocarbonyl (C=S) groups is 1. The molecule has 0 spiro atoms. The second kappa shape index (κ2) is 5.18. The van der Waals surface area contributed by atoms with Crippen LogP contribution in [0.25, 0.3) is 10.2 Å². The molecule has 1 aromatic heterocycles. The predicted molar refractivity (Wildman–Crippen MR) is 95.9 cm³/mol. The van der Waals surface area contributed by atoms with E-state index < -0.39 is 0 Å². The van der Waals surface area contributed by atoms with Crippen LogP contribution in [0.15, 0.2) is 24.5 Å². The van der Waals surface area contributed by atoms with Crippen molar-refractivity contribution in [1.29, 1.82) is 5.26 Å². The van der Waals surface area contributed by atoms with Crippen LogP contribution in [-0.2, 0) is 0 Å². The van der Waals surface area contributed by atoms with Crippen molar-refractivity contribution in [1.82, 2.24) is 15.0 Å². The first-order valence-corrected chi connectivity index (χ1v) is 8.72. The molecule has 0 bridgehead atoms. The molecule has 0 aliphatic carbocycles. The first-order chi connectivity index (χ1) is 11.1. The maximum absolute atomic E-state index is 9.33. The van der Waals surface area contributed by atoms with E-state index in [1.54, 1.807) is 11.3 Å². The van der Waals surface area contributed by atoms with Gasteiger partial charge >= 0.3 is 0 Å². The van der Waals surface area contributed by atoms with E-state index in [-0.39, 0.29) is 0 Å². The van der Waals surface area contributed by atoms with Crippen molar-refractivity contribution >= 4 is 44.6 Å². The summed E-state index contributed by atoms with van der Waals surface area (Å²) in [5.74, 6) is 0.867. The third-order valence-corrected chi connectivity index (χ3v) is 5.64. The molecule has 0 amide bonds. The van der Waals surface area contributed by atoms with Crippen LogP contribution in [0.2, 0.25) is 0 Å². The molecule has 3 heterocycles. The molecule has 0 saturated carbocycles. The van der Waals surface area contributed by atoms with E-state index >= 15 is 0 Å². The summed E-state index contributed by atoms with van der Waals surface area (Å²) in [5, 5.41) is 15.3. The molecule has 116 valence electrons. The molecule has 2 saturated heterocycles. The molecule has 5 nitrogen and oxygen atoms in total. The van der Waals surface area contributed by atoms with Crippen molar-refractivity contribution in [3.05, 3.63) is 35.1 Å². The largest absolute Gasteiger partial charge is 0.268 e. The fourth-order valence-electron chi connectivity index (χ4n) is 3.18. The lowest BCUT2D eigenvalue weighted by atomic mass is 10.2. The van der Waals surface area contributed by atoms with Gasteiger partial charge in [-0.05, 0) is 44.1 Å². The molecular weight excluding hydrogens is 326 g/mol. The van der Waals surface area contributed by atoms with Gasteiger partial charge in [0, 0.05) is 13.1 Å². The predicted octanol–water partition coefficient (Wildman–Crippen LogP) is 3.37. The zero-order valence-corrected chi connectivity index (χ0v) is 14.4. The van der Waals surface area contributed by atoms with Crippen LogP contribution in [-0.4, -0.2) is 33.2 Å². The van der Waals surface area contributed by atoms with Gasteiger partial charge in [0.25, 0.3) is 0 Å². The fraction of sp³-hybridized carbons (Fsp3) is 0.312. The number of nitriles is 1. The van der Waals surface area contributed by atoms with E-state index in [2.05, 4.69) is 27.6 Å². The number of anilines is 1. The van der Waals surface area contributed by atoms with Crippen LogP contribution >= 0.6 is 23.6 Å². The highest BCUT2D eigenvalue weighted by Crippen LogP contribution is 2.39. The number of nitrogens with zero attached hydrogens (tertiary/aromatic N) is 5. The SMILES string of the molecule is C=C1N(c2ccc(C#N)c3sc(C)nc23)C(=S)N2CCCCN12. The standard InChI is InChI=1S/C16H15N5S2/c1-10-18-14-13(6-5-12(9-17)15(14)23-10)21-11(2)19-7-3-4-8-20(19)16(21)22/h5-6H,2-4,7-8H2,1H3. The van der Waals surface area contributed by atoms with E-state index in [9.17, 15) is 5.26 Å². The molecule has 2 fully saturated rings. The third kappa shape index (κ3) is 2.02. The van der Waals surface area contributed by atoms with Crippen molar-refractivity contribution in [3.63, 3.8) is 0 Å². The van der Waals surface area contributed by atoms with Crippen LogP contribution in [0.5, 0.6) is 0 Å². The lowest BCUT2D eigenvalue weighted by molar-refractivity contribution is 0.0757. The quantitative estimate of drug-likeness (QED) is 0.741. The minimum absolute atomic E-state index is 0.656. The summed E-state index contributed by atoms with van der Waals surface area (Å²) in [6.45, 7) is 8.05. The topological polar surface area (TPSA) is 46.4 Å². The molecule has 2 aromatic rings. The van der Waals surface area contributed by atoms with Crippen molar-refractivity contribution in [3.8, 4) is 6.07 Å². The Kier molecular flexibility index (Phi) is 3.25. The Morgan fingerprint density at radius 3 is 2.74 bits per heavy atom. The number of benzene rings is 1. The minimum Gasteiger partial charge on any atom is -0.268 e. The molecule has 4 rings (SSSR count). The number of hydrogen-bond donors (Lipinski definition) is 0. The fourth-order valence-corrected chi connectivity index (χ4v) is 4.48. The minimum atomic E-state index is 0.656. The molecule has 0 unspecified atom stereocenters. The molecule has 2 aliphatic rings.